The van der Waals surface area contributed by atoms with Crippen molar-refractivity contribution in [2.45, 2.75) is 6.54 Å². The van der Waals surface area contributed by atoms with Gasteiger partial charge in [-0.15, -0.1) is 0 Å². The lowest BCUT2D eigenvalue weighted by Crippen LogP contribution is -2.19. The third kappa shape index (κ3) is 3.27. The van der Waals surface area contributed by atoms with E-state index in [1.807, 2.05) is 42.3 Å². The van der Waals surface area contributed by atoms with Gasteiger partial charge in [-0.05, 0) is 39.7 Å². The summed E-state index contributed by atoms with van der Waals surface area (Å²) in [7, 11) is 1.96. The van der Waals surface area contributed by atoms with Gasteiger partial charge in [-0.3, -0.25) is 0 Å². The number of pyridine rings is 1. The number of nitrogens with two attached hydrogens (primary N) is 1. The summed E-state index contributed by atoms with van der Waals surface area (Å²) >= 11 is 3.48. The van der Waals surface area contributed by atoms with Gasteiger partial charge in [0.25, 0.3) is 0 Å². The van der Waals surface area contributed by atoms with Gasteiger partial charge < -0.3 is 15.8 Å². The van der Waals surface area contributed by atoms with Crippen molar-refractivity contribution in [2.24, 2.45) is 10.9 Å². The van der Waals surface area contributed by atoms with Crippen LogP contribution in [0.3, 0.4) is 0 Å². The molecule has 2 aromatic rings. The quantitative estimate of drug-likeness (QED) is 0.390. The number of nitrogens with zero attached hydrogens (tertiary/aromatic N) is 3. The van der Waals surface area contributed by atoms with Crippen LogP contribution >= 0.6 is 15.9 Å². The van der Waals surface area contributed by atoms with Crippen LogP contribution in [0.4, 0.5) is 5.82 Å². The second kappa shape index (κ2) is 6.38. The van der Waals surface area contributed by atoms with E-state index < -0.39 is 0 Å². The zero-order chi connectivity index (χ0) is 14.5. The summed E-state index contributed by atoms with van der Waals surface area (Å²) in [5.74, 6) is 0.968. The van der Waals surface area contributed by atoms with Crippen LogP contribution in [-0.2, 0) is 6.54 Å². The van der Waals surface area contributed by atoms with Gasteiger partial charge in [0.15, 0.2) is 5.84 Å². The number of benzene rings is 1. The summed E-state index contributed by atoms with van der Waals surface area (Å²) in [5.41, 5.74) is 7.34. The van der Waals surface area contributed by atoms with Crippen molar-refractivity contribution < 1.29 is 5.21 Å². The molecule has 0 amide bonds. The first-order valence-corrected chi connectivity index (χ1v) is 6.79. The zero-order valence-corrected chi connectivity index (χ0v) is 12.6. The second-order valence-corrected chi connectivity index (χ2v) is 5.20. The smallest absolute Gasteiger partial charge is 0.170 e. The fourth-order valence-electron chi connectivity index (χ4n) is 1.89. The number of hydrogen-bond donors (Lipinski definition) is 2. The highest BCUT2D eigenvalue weighted by atomic mass is 79.9. The van der Waals surface area contributed by atoms with Crippen molar-refractivity contribution in [3.05, 3.63) is 58.2 Å². The van der Waals surface area contributed by atoms with Crippen molar-refractivity contribution in [1.82, 2.24) is 4.98 Å². The lowest BCUT2D eigenvalue weighted by molar-refractivity contribution is 0.318. The van der Waals surface area contributed by atoms with Crippen LogP contribution in [0.25, 0.3) is 0 Å². The molecule has 1 aromatic carbocycles. The molecule has 1 aromatic heterocycles. The van der Waals surface area contributed by atoms with Gasteiger partial charge in [0, 0.05) is 25.4 Å². The number of oxime groups is 1. The summed E-state index contributed by atoms with van der Waals surface area (Å²) in [5, 5.41) is 11.7. The molecule has 0 spiro atoms. The fourth-order valence-corrected chi connectivity index (χ4v) is 2.45. The molecule has 3 N–H and O–H groups in total. The largest absolute Gasteiger partial charge is 0.409 e. The Morgan fingerprint density at radius 3 is 2.90 bits per heavy atom. The van der Waals surface area contributed by atoms with E-state index in [0.29, 0.717) is 12.1 Å². The summed E-state index contributed by atoms with van der Waals surface area (Å²) in [6, 6.07) is 11.4. The Labute approximate surface area is 125 Å². The lowest BCUT2D eigenvalue weighted by Gasteiger charge is -2.19. The van der Waals surface area contributed by atoms with E-state index in [9.17, 15) is 0 Å². The Morgan fingerprint density at radius 2 is 2.20 bits per heavy atom. The average Bonchev–Trinajstić information content (AvgIpc) is 2.47. The SMILES string of the molecule is CN(Cc1cccc(C(N)=NO)c1)c1ncccc1Br. The predicted molar refractivity (Wildman–Crippen MR) is 83.0 cm³/mol. The van der Waals surface area contributed by atoms with Crippen LogP contribution in [0.15, 0.2) is 52.2 Å². The molecule has 0 aliphatic carbocycles. The number of rotatable bonds is 4. The first-order valence-electron chi connectivity index (χ1n) is 6.00. The van der Waals surface area contributed by atoms with Gasteiger partial charge in [0.2, 0.25) is 0 Å². The van der Waals surface area contributed by atoms with E-state index in [1.165, 1.54) is 0 Å². The molecule has 0 saturated heterocycles. The molecule has 0 bridgehead atoms. The number of amidine groups is 1. The second-order valence-electron chi connectivity index (χ2n) is 4.35. The Bertz CT molecular complexity index is 630. The van der Waals surface area contributed by atoms with E-state index in [1.54, 1.807) is 12.3 Å². The van der Waals surface area contributed by atoms with Crippen molar-refractivity contribution >= 4 is 27.6 Å². The van der Waals surface area contributed by atoms with E-state index in [2.05, 4.69) is 26.1 Å². The predicted octanol–water partition coefficient (Wildman–Crippen LogP) is 2.58. The van der Waals surface area contributed by atoms with Crippen LogP contribution in [-0.4, -0.2) is 23.1 Å². The zero-order valence-electron chi connectivity index (χ0n) is 11.0. The van der Waals surface area contributed by atoms with Crippen LogP contribution in [0.5, 0.6) is 0 Å². The molecule has 1 heterocycles. The topological polar surface area (TPSA) is 74.7 Å². The lowest BCUT2D eigenvalue weighted by atomic mass is 10.1. The minimum Gasteiger partial charge on any atom is -0.409 e. The van der Waals surface area contributed by atoms with Gasteiger partial charge in [-0.25, -0.2) is 4.98 Å². The molecule has 0 unspecified atom stereocenters. The van der Waals surface area contributed by atoms with Gasteiger partial charge in [-0.1, -0.05) is 23.4 Å². The summed E-state index contributed by atoms with van der Waals surface area (Å²) < 4.78 is 0.940. The number of aromatic nitrogens is 1. The molecular formula is C14H15BrN4O. The molecule has 104 valence electrons. The van der Waals surface area contributed by atoms with Crippen molar-refractivity contribution in [3.63, 3.8) is 0 Å². The number of anilines is 1. The van der Waals surface area contributed by atoms with Gasteiger partial charge >= 0.3 is 0 Å². The van der Waals surface area contributed by atoms with Gasteiger partial charge in [-0.2, -0.15) is 0 Å². The molecule has 6 heteroatoms. The Morgan fingerprint density at radius 1 is 1.40 bits per heavy atom. The van der Waals surface area contributed by atoms with Crippen LogP contribution < -0.4 is 10.6 Å². The van der Waals surface area contributed by atoms with E-state index in [-0.39, 0.29) is 5.84 Å². The minimum atomic E-state index is 0.105. The van der Waals surface area contributed by atoms with E-state index in [0.717, 1.165) is 15.9 Å². The maximum atomic E-state index is 8.71. The van der Waals surface area contributed by atoms with Crippen molar-refractivity contribution in [2.75, 3.05) is 11.9 Å². The molecule has 0 radical (unpaired) electrons. The van der Waals surface area contributed by atoms with E-state index in [4.69, 9.17) is 10.9 Å². The third-order valence-electron chi connectivity index (χ3n) is 2.85. The highest BCUT2D eigenvalue weighted by Crippen LogP contribution is 2.23. The summed E-state index contributed by atoms with van der Waals surface area (Å²) in [6.07, 6.45) is 1.75. The molecule has 20 heavy (non-hydrogen) atoms. The molecule has 0 aliphatic rings. The standard InChI is InChI=1S/C14H15BrN4O/c1-19(14-12(15)6-3-7-17-14)9-10-4-2-5-11(8-10)13(16)18-20/h2-8,20H,9H2,1H3,(H2,16,18). The summed E-state index contributed by atoms with van der Waals surface area (Å²) in [6.45, 7) is 0.669. The Hall–Kier alpha value is -2.08. The van der Waals surface area contributed by atoms with Gasteiger partial charge in [0.1, 0.15) is 5.82 Å². The van der Waals surface area contributed by atoms with Crippen molar-refractivity contribution in [3.8, 4) is 0 Å². The average molecular weight is 335 g/mol. The van der Waals surface area contributed by atoms with Crippen molar-refractivity contribution in [1.29, 1.82) is 0 Å². The molecule has 5 nitrogen and oxygen atoms in total. The normalized spacial score (nSPS) is 11.4. The number of halogens is 1. The maximum absolute atomic E-state index is 8.71. The molecule has 0 saturated carbocycles. The number of hydrogen-bond acceptors (Lipinski definition) is 4. The molecule has 0 atom stereocenters. The minimum absolute atomic E-state index is 0.105. The maximum Gasteiger partial charge on any atom is 0.170 e. The monoisotopic (exact) mass is 334 g/mol. The highest BCUT2D eigenvalue weighted by Gasteiger charge is 2.08. The molecule has 0 fully saturated rings. The molecular weight excluding hydrogens is 320 g/mol. The highest BCUT2D eigenvalue weighted by molar-refractivity contribution is 9.10. The summed E-state index contributed by atoms with van der Waals surface area (Å²) in [4.78, 5) is 6.36. The molecule has 0 aliphatic heterocycles. The Balaban J connectivity index is 2.20. The third-order valence-corrected chi connectivity index (χ3v) is 3.47. The first-order chi connectivity index (χ1) is 9.61. The van der Waals surface area contributed by atoms with Crippen LogP contribution in [0.2, 0.25) is 0 Å². The Kier molecular flexibility index (Phi) is 4.57. The van der Waals surface area contributed by atoms with Crippen LogP contribution in [0.1, 0.15) is 11.1 Å². The fraction of sp³-hybridized carbons (Fsp3) is 0.143. The molecule has 2 rings (SSSR count). The first kappa shape index (κ1) is 14.3. The van der Waals surface area contributed by atoms with Crippen LogP contribution in [0, 0.1) is 0 Å². The van der Waals surface area contributed by atoms with Gasteiger partial charge in [0.05, 0.1) is 4.47 Å². The van der Waals surface area contributed by atoms with E-state index >= 15 is 0 Å².